The monoisotopic (exact) mass is 289 g/mol. The standard InChI is InChI=1S/C14H19N5O2/c1-10-14-15-7-11(8-20-2)19(14)5-4-18(10)12-6-13(21-3)17-9-16-12/h6-7,9-10H,4-5,8H2,1-3H3/t10-/m0/s1. The molecule has 0 amide bonds. The Labute approximate surface area is 123 Å². The molecular weight excluding hydrogens is 270 g/mol. The van der Waals surface area contributed by atoms with Gasteiger partial charge < -0.3 is 18.9 Å². The largest absolute Gasteiger partial charge is 0.481 e. The van der Waals surface area contributed by atoms with Crippen LogP contribution in [0.15, 0.2) is 18.6 Å². The molecule has 0 saturated carbocycles. The van der Waals surface area contributed by atoms with Gasteiger partial charge >= 0.3 is 0 Å². The van der Waals surface area contributed by atoms with Gasteiger partial charge in [-0.2, -0.15) is 0 Å². The number of ether oxygens (including phenoxy) is 2. The molecule has 112 valence electrons. The normalized spacial score (nSPS) is 17.7. The van der Waals surface area contributed by atoms with Crippen molar-refractivity contribution in [2.45, 2.75) is 26.1 Å². The van der Waals surface area contributed by atoms with Crippen molar-refractivity contribution in [1.82, 2.24) is 19.5 Å². The Bertz CT molecular complexity index is 628. The summed E-state index contributed by atoms with van der Waals surface area (Å²) in [6.07, 6.45) is 3.41. The predicted molar refractivity (Wildman–Crippen MR) is 77.3 cm³/mol. The molecule has 0 N–H and O–H groups in total. The molecule has 0 spiro atoms. The van der Waals surface area contributed by atoms with Crippen LogP contribution in [0.25, 0.3) is 0 Å². The highest BCUT2D eigenvalue weighted by molar-refractivity contribution is 5.43. The topological polar surface area (TPSA) is 65.3 Å². The summed E-state index contributed by atoms with van der Waals surface area (Å²) in [7, 11) is 3.31. The van der Waals surface area contributed by atoms with Gasteiger partial charge in [-0.25, -0.2) is 15.0 Å². The second-order valence-electron chi connectivity index (χ2n) is 4.98. The molecule has 3 rings (SSSR count). The maximum Gasteiger partial charge on any atom is 0.218 e. The van der Waals surface area contributed by atoms with Gasteiger partial charge in [0.25, 0.3) is 0 Å². The highest BCUT2D eigenvalue weighted by Gasteiger charge is 2.28. The van der Waals surface area contributed by atoms with E-state index in [0.29, 0.717) is 12.5 Å². The lowest BCUT2D eigenvalue weighted by atomic mass is 10.2. The van der Waals surface area contributed by atoms with Crippen molar-refractivity contribution in [2.24, 2.45) is 0 Å². The van der Waals surface area contributed by atoms with Crippen molar-refractivity contribution >= 4 is 5.82 Å². The minimum absolute atomic E-state index is 0.143. The third-order valence-electron chi connectivity index (χ3n) is 3.80. The van der Waals surface area contributed by atoms with Crippen molar-refractivity contribution in [3.8, 4) is 5.88 Å². The predicted octanol–water partition coefficient (Wildman–Crippen LogP) is 1.41. The molecule has 1 aliphatic heterocycles. The summed E-state index contributed by atoms with van der Waals surface area (Å²) in [6.45, 7) is 4.44. The second-order valence-corrected chi connectivity index (χ2v) is 4.98. The van der Waals surface area contributed by atoms with Crippen LogP contribution in [0.2, 0.25) is 0 Å². The van der Waals surface area contributed by atoms with E-state index in [1.807, 2.05) is 12.3 Å². The van der Waals surface area contributed by atoms with Crippen LogP contribution in [0.4, 0.5) is 5.82 Å². The Balaban J connectivity index is 1.89. The first-order valence-electron chi connectivity index (χ1n) is 6.90. The van der Waals surface area contributed by atoms with Crippen molar-refractivity contribution in [2.75, 3.05) is 25.7 Å². The smallest absolute Gasteiger partial charge is 0.218 e. The Morgan fingerprint density at radius 1 is 1.24 bits per heavy atom. The molecule has 7 nitrogen and oxygen atoms in total. The first-order valence-corrected chi connectivity index (χ1v) is 6.90. The fourth-order valence-electron chi connectivity index (χ4n) is 2.73. The number of nitrogens with zero attached hydrogens (tertiary/aromatic N) is 5. The molecule has 0 fully saturated rings. The molecule has 1 atom stereocenters. The number of anilines is 1. The number of aromatic nitrogens is 4. The number of imidazole rings is 1. The maximum atomic E-state index is 5.22. The Kier molecular flexibility index (Phi) is 3.74. The molecule has 0 aromatic carbocycles. The van der Waals surface area contributed by atoms with Crippen LogP contribution in [0.5, 0.6) is 5.88 Å². The van der Waals surface area contributed by atoms with E-state index in [1.165, 1.54) is 6.33 Å². The molecule has 0 bridgehead atoms. The van der Waals surface area contributed by atoms with Gasteiger partial charge in [-0.15, -0.1) is 0 Å². The van der Waals surface area contributed by atoms with E-state index in [9.17, 15) is 0 Å². The SMILES string of the molecule is COCc1cnc2n1CCN(c1cc(OC)ncn1)[C@H]2C. The molecule has 2 aromatic rings. The minimum atomic E-state index is 0.143. The summed E-state index contributed by atoms with van der Waals surface area (Å²) in [4.78, 5) is 15.2. The summed E-state index contributed by atoms with van der Waals surface area (Å²) in [5.74, 6) is 2.46. The Morgan fingerprint density at radius 3 is 2.86 bits per heavy atom. The van der Waals surface area contributed by atoms with Crippen molar-refractivity contribution in [3.05, 3.63) is 30.1 Å². The summed E-state index contributed by atoms with van der Waals surface area (Å²) >= 11 is 0. The quantitative estimate of drug-likeness (QED) is 0.848. The average Bonchev–Trinajstić information content (AvgIpc) is 2.92. The molecule has 21 heavy (non-hydrogen) atoms. The maximum absolute atomic E-state index is 5.22. The highest BCUT2D eigenvalue weighted by Crippen LogP contribution is 2.30. The molecule has 0 radical (unpaired) electrons. The van der Waals surface area contributed by atoms with E-state index < -0.39 is 0 Å². The van der Waals surface area contributed by atoms with E-state index in [1.54, 1.807) is 14.2 Å². The fourth-order valence-corrected chi connectivity index (χ4v) is 2.73. The molecule has 0 aliphatic carbocycles. The van der Waals surface area contributed by atoms with Crippen LogP contribution < -0.4 is 9.64 Å². The molecule has 0 saturated heterocycles. The van der Waals surface area contributed by atoms with Gasteiger partial charge in [0.2, 0.25) is 5.88 Å². The number of hydrogen-bond donors (Lipinski definition) is 0. The lowest BCUT2D eigenvalue weighted by Gasteiger charge is -2.35. The van der Waals surface area contributed by atoms with Gasteiger partial charge in [-0.05, 0) is 6.92 Å². The van der Waals surface area contributed by atoms with E-state index in [0.717, 1.165) is 30.4 Å². The fraction of sp³-hybridized carbons (Fsp3) is 0.500. The van der Waals surface area contributed by atoms with E-state index in [4.69, 9.17) is 9.47 Å². The van der Waals surface area contributed by atoms with Gasteiger partial charge in [0, 0.05) is 26.3 Å². The summed E-state index contributed by atoms with van der Waals surface area (Å²) in [5, 5.41) is 0. The van der Waals surface area contributed by atoms with Crippen LogP contribution in [0, 0.1) is 0 Å². The zero-order valence-corrected chi connectivity index (χ0v) is 12.5. The lowest BCUT2D eigenvalue weighted by Crippen LogP contribution is -2.38. The summed E-state index contributed by atoms with van der Waals surface area (Å²) in [5.41, 5.74) is 1.11. The van der Waals surface area contributed by atoms with E-state index >= 15 is 0 Å². The second kappa shape index (κ2) is 5.69. The number of rotatable bonds is 4. The van der Waals surface area contributed by atoms with Crippen LogP contribution >= 0.6 is 0 Å². The molecule has 7 heteroatoms. The number of methoxy groups -OCH3 is 2. The van der Waals surface area contributed by atoms with E-state index in [-0.39, 0.29) is 6.04 Å². The number of hydrogen-bond acceptors (Lipinski definition) is 6. The van der Waals surface area contributed by atoms with Crippen molar-refractivity contribution < 1.29 is 9.47 Å². The minimum Gasteiger partial charge on any atom is -0.481 e. The molecular formula is C14H19N5O2. The molecule has 0 unspecified atom stereocenters. The Hall–Kier alpha value is -2.15. The first-order chi connectivity index (χ1) is 10.2. The zero-order chi connectivity index (χ0) is 14.8. The molecule has 3 heterocycles. The third kappa shape index (κ3) is 2.44. The zero-order valence-electron chi connectivity index (χ0n) is 12.5. The van der Waals surface area contributed by atoms with Crippen LogP contribution in [0.3, 0.4) is 0 Å². The van der Waals surface area contributed by atoms with Gasteiger partial charge in [0.1, 0.15) is 18.0 Å². The van der Waals surface area contributed by atoms with Gasteiger partial charge in [-0.1, -0.05) is 0 Å². The average molecular weight is 289 g/mol. The summed E-state index contributed by atoms with van der Waals surface area (Å²) in [6, 6.07) is 1.99. The van der Waals surface area contributed by atoms with Crippen LogP contribution in [-0.2, 0) is 17.9 Å². The third-order valence-corrected chi connectivity index (χ3v) is 3.80. The first kappa shape index (κ1) is 13.8. The number of fused-ring (bicyclic) bond motifs is 1. The molecule has 1 aliphatic rings. The highest BCUT2D eigenvalue weighted by atomic mass is 16.5. The van der Waals surface area contributed by atoms with Crippen molar-refractivity contribution in [3.63, 3.8) is 0 Å². The van der Waals surface area contributed by atoms with Gasteiger partial charge in [0.15, 0.2) is 0 Å². The van der Waals surface area contributed by atoms with Crippen LogP contribution in [0.1, 0.15) is 24.5 Å². The van der Waals surface area contributed by atoms with Crippen molar-refractivity contribution in [1.29, 1.82) is 0 Å². The van der Waals surface area contributed by atoms with Gasteiger partial charge in [0.05, 0.1) is 31.6 Å². The van der Waals surface area contributed by atoms with E-state index in [2.05, 4.69) is 31.3 Å². The Morgan fingerprint density at radius 2 is 2.10 bits per heavy atom. The summed E-state index contributed by atoms with van der Waals surface area (Å²) < 4.78 is 12.6. The van der Waals surface area contributed by atoms with Gasteiger partial charge in [-0.3, -0.25) is 0 Å². The van der Waals surface area contributed by atoms with Crippen LogP contribution in [-0.4, -0.2) is 40.3 Å². The molecule has 2 aromatic heterocycles. The lowest BCUT2D eigenvalue weighted by molar-refractivity contribution is 0.177.